The van der Waals surface area contributed by atoms with Crippen LogP contribution in [-0.2, 0) is 4.79 Å². The summed E-state index contributed by atoms with van der Waals surface area (Å²) in [6, 6.07) is 18.0. The zero-order valence-electron chi connectivity index (χ0n) is 14.0. The smallest absolute Gasteiger partial charge is 0.256 e. The second-order valence-corrected chi connectivity index (χ2v) is 6.55. The first-order valence-corrected chi connectivity index (χ1v) is 8.52. The molecule has 0 saturated heterocycles. The lowest BCUT2D eigenvalue weighted by Crippen LogP contribution is -2.40. The fraction of sp³-hybridized carbons (Fsp3) is 0.350. The Morgan fingerprint density at radius 1 is 1.00 bits per heavy atom. The minimum atomic E-state index is -1.20. The fourth-order valence-electron chi connectivity index (χ4n) is 3.16. The van der Waals surface area contributed by atoms with Crippen LogP contribution in [-0.4, -0.2) is 16.6 Å². The molecule has 1 saturated carbocycles. The molecule has 1 atom stereocenters. The highest BCUT2D eigenvalue weighted by molar-refractivity contribution is 5.97. The molecule has 0 heterocycles. The minimum absolute atomic E-state index is 0.200. The summed E-state index contributed by atoms with van der Waals surface area (Å²) in [7, 11) is 0. The number of carbonyl (C=O) groups excluding carboxylic acids is 1. The predicted octanol–water partition coefficient (Wildman–Crippen LogP) is 4.10. The maximum Gasteiger partial charge on any atom is 0.256 e. The van der Waals surface area contributed by atoms with Crippen LogP contribution in [0, 0.1) is 0 Å². The summed E-state index contributed by atoms with van der Waals surface area (Å²) in [5, 5.41) is 16.6. The van der Waals surface area contributed by atoms with E-state index in [-0.39, 0.29) is 11.9 Å². The van der Waals surface area contributed by atoms with Crippen molar-refractivity contribution in [1.29, 1.82) is 0 Å². The Morgan fingerprint density at radius 2 is 1.58 bits per heavy atom. The molecule has 0 spiro atoms. The lowest BCUT2D eigenvalue weighted by atomic mass is 10.0. The molecule has 1 unspecified atom stereocenters. The maximum absolute atomic E-state index is 12.2. The quantitative estimate of drug-likeness (QED) is 0.776. The zero-order valence-corrected chi connectivity index (χ0v) is 14.0. The summed E-state index contributed by atoms with van der Waals surface area (Å²) >= 11 is 0. The van der Waals surface area contributed by atoms with Crippen LogP contribution in [0.1, 0.15) is 44.2 Å². The molecule has 2 aromatic rings. The van der Waals surface area contributed by atoms with Gasteiger partial charge in [0.2, 0.25) is 0 Å². The molecule has 0 bridgehead atoms. The second-order valence-electron chi connectivity index (χ2n) is 6.55. The first-order valence-electron chi connectivity index (χ1n) is 8.52. The Bertz CT molecular complexity index is 677. The minimum Gasteiger partial charge on any atom is -0.380 e. The lowest BCUT2D eigenvalue weighted by Gasteiger charge is -2.21. The standard InChI is InChI=1S/C20H24N2O2/c1-15(16-7-3-2-4-8-16)21-17-9-11-18(12-10-17)22-19(23)20(24)13-5-6-14-20/h2-4,7-12,15,21,24H,5-6,13-14H2,1H3,(H,22,23). The van der Waals surface area contributed by atoms with Gasteiger partial charge in [-0.15, -0.1) is 0 Å². The third-order valence-electron chi connectivity index (χ3n) is 4.68. The van der Waals surface area contributed by atoms with Gasteiger partial charge in [-0.2, -0.15) is 0 Å². The zero-order chi connectivity index (χ0) is 17.0. The van der Waals surface area contributed by atoms with E-state index in [2.05, 4.69) is 29.7 Å². The van der Waals surface area contributed by atoms with Crippen molar-refractivity contribution >= 4 is 17.3 Å². The molecule has 1 aliphatic carbocycles. The van der Waals surface area contributed by atoms with E-state index in [0.717, 1.165) is 18.5 Å². The van der Waals surface area contributed by atoms with Crippen LogP contribution in [0.2, 0.25) is 0 Å². The highest BCUT2D eigenvalue weighted by atomic mass is 16.3. The maximum atomic E-state index is 12.2. The average Bonchev–Trinajstić information content (AvgIpc) is 3.05. The Labute approximate surface area is 142 Å². The van der Waals surface area contributed by atoms with Gasteiger partial charge in [-0.1, -0.05) is 30.3 Å². The van der Waals surface area contributed by atoms with Gasteiger partial charge >= 0.3 is 0 Å². The molecule has 1 aliphatic rings. The van der Waals surface area contributed by atoms with Gasteiger partial charge in [0.1, 0.15) is 5.60 Å². The number of amides is 1. The number of aliphatic hydroxyl groups is 1. The van der Waals surface area contributed by atoms with Crippen molar-refractivity contribution < 1.29 is 9.90 Å². The van der Waals surface area contributed by atoms with Crippen LogP contribution >= 0.6 is 0 Å². The first-order chi connectivity index (χ1) is 11.6. The highest BCUT2D eigenvalue weighted by Gasteiger charge is 2.38. The van der Waals surface area contributed by atoms with Crippen LogP contribution in [0.25, 0.3) is 0 Å². The van der Waals surface area contributed by atoms with Crippen molar-refractivity contribution in [2.75, 3.05) is 10.6 Å². The van der Waals surface area contributed by atoms with Crippen molar-refractivity contribution in [2.24, 2.45) is 0 Å². The molecule has 1 amide bonds. The first kappa shape index (κ1) is 16.5. The van der Waals surface area contributed by atoms with Gasteiger partial charge in [0.15, 0.2) is 0 Å². The topological polar surface area (TPSA) is 61.4 Å². The van der Waals surface area contributed by atoms with Crippen LogP contribution < -0.4 is 10.6 Å². The number of carbonyl (C=O) groups is 1. The van der Waals surface area contributed by atoms with Gasteiger partial charge in [-0.3, -0.25) is 4.79 Å². The van der Waals surface area contributed by atoms with Gasteiger partial charge in [0, 0.05) is 17.4 Å². The Balaban J connectivity index is 1.60. The Kier molecular flexibility index (Phi) is 4.86. The SMILES string of the molecule is CC(Nc1ccc(NC(=O)C2(O)CCCC2)cc1)c1ccccc1. The lowest BCUT2D eigenvalue weighted by molar-refractivity contribution is -0.133. The number of nitrogens with one attached hydrogen (secondary N) is 2. The third-order valence-corrected chi connectivity index (χ3v) is 4.68. The molecule has 2 aromatic carbocycles. The normalized spacial score (nSPS) is 17.2. The number of anilines is 2. The van der Waals surface area contributed by atoms with E-state index in [9.17, 15) is 9.90 Å². The second kappa shape index (κ2) is 7.05. The van der Waals surface area contributed by atoms with E-state index in [1.807, 2.05) is 42.5 Å². The molecule has 3 rings (SSSR count). The molecule has 0 radical (unpaired) electrons. The van der Waals surface area contributed by atoms with E-state index in [0.29, 0.717) is 18.5 Å². The summed E-state index contributed by atoms with van der Waals surface area (Å²) in [6.45, 7) is 2.11. The van der Waals surface area contributed by atoms with Crippen LogP contribution in [0.5, 0.6) is 0 Å². The van der Waals surface area contributed by atoms with Gasteiger partial charge in [0.05, 0.1) is 0 Å². The molecular formula is C20H24N2O2. The predicted molar refractivity (Wildman–Crippen MR) is 97.0 cm³/mol. The van der Waals surface area contributed by atoms with E-state index >= 15 is 0 Å². The molecular weight excluding hydrogens is 300 g/mol. The van der Waals surface area contributed by atoms with E-state index in [1.165, 1.54) is 5.56 Å². The summed E-state index contributed by atoms with van der Waals surface area (Å²) in [6.07, 6.45) is 2.91. The number of hydrogen-bond acceptors (Lipinski definition) is 3. The van der Waals surface area contributed by atoms with Crippen LogP contribution in [0.3, 0.4) is 0 Å². The highest BCUT2D eigenvalue weighted by Crippen LogP contribution is 2.30. The van der Waals surface area contributed by atoms with Gasteiger partial charge in [-0.05, 0) is 62.4 Å². The monoisotopic (exact) mass is 324 g/mol. The summed E-state index contributed by atoms with van der Waals surface area (Å²) in [4.78, 5) is 12.2. The van der Waals surface area contributed by atoms with Crippen molar-refractivity contribution in [3.63, 3.8) is 0 Å². The molecule has 1 fully saturated rings. The largest absolute Gasteiger partial charge is 0.380 e. The molecule has 3 N–H and O–H groups in total. The number of hydrogen-bond donors (Lipinski definition) is 3. The molecule has 126 valence electrons. The van der Waals surface area contributed by atoms with Gasteiger partial charge in [0.25, 0.3) is 5.91 Å². The number of benzene rings is 2. The average molecular weight is 324 g/mol. The van der Waals surface area contributed by atoms with Crippen LogP contribution in [0.4, 0.5) is 11.4 Å². The summed E-state index contributed by atoms with van der Waals surface area (Å²) in [5.41, 5.74) is 1.72. The van der Waals surface area contributed by atoms with E-state index in [1.54, 1.807) is 0 Å². The Hall–Kier alpha value is -2.33. The van der Waals surface area contributed by atoms with Crippen molar-refractivity contribution in [3.05, 3.63) is 60.2 Å². The van der Waals surface area contributed by atoms with E-state index in [4.69, 9.17) is 0 Å². The van der Waals surface area contributed by atoms with Gasteiger partial charge in [-0.25, -0.2) is 0 Å². The van der Waals surface area contributed by atoms with Crippen LogP contribution in [0.15, 0.2) is 54.6 Å². The van der Waals surface area contributed by atoms with Crippen molar-refractivity contribution in [2.45, 2.75) is 44.2 Å². The van der Waals surface area contributed by atoms with Crippen molar-refractivity contribution in [1.82, 2.24) is 0 Å². The molecule has 0 aromatic heterocycles. The Morgan fingerprint density at radius 3 is 2.21 bits per heavy atom. The van der Waals surface area contributed by atoms with Crippen molar-refractivity contribution in [3.8, 4) is 0 Å². The fourth-order valence-corrected chi connectivity index (χ4v) is 3.16. The summed E-state index contributed by atoms with van der Waals surface area (Å²) in [5.74, 6) is -0.293. The molecule has 24 heavy (non-hydrogen) atoms. The molecule has 4 nitrogen and oxygen atoms in total. The number of rotatable bonds is 5. The molecule has 0 aliphatic heterocycles. The molecule has 4 heteroatoms. The van der Waals surface area contributed by atoms with E-state index < -0.39 is 5.60 Å². The summed E-state index contributed by atoms with van der Waals surface area (Å²) < 4.78 is 0. The third kappa shape index (κ3) is 3.77. The van der Waals surface area contributed by atoms with Gasteiger partial charge < -0.3 is 15.7 Å².